The number of fused-ring (bicyclic) bond motifs is 3. The topological polar surface area (TPSA) is 45.6 Å². The lowest BCUT2D eigenvalue weighted by atomic mass is 9.74. The third-order valence-corrected chi connectivity index (χ3v) is 6.23. The van der Waals surface area contributed by atoms with Crippen LogP contribution in [0.5, 0.6) is 0 Å². The minimum atomic E-state index is -0.0856. The number of nitrogens with one attached hydrogen (secondary N) is 3. The van der Waals surface area contributed by atoms with Gasteiger partial charge in [0.1, 0.15) is 6.04 Å². The largest absolute Gasteiger partial charge is 0.332 e. The van der Waals surface area contributed by atoms with Gasteiger partial charge < -0.3 is 15.5 Å². The number of amides is 2. The van der Waals surface area contributed by atoms with E-state index in [4.69, 9.17) is 0 Å². The minimum Gasteiger partial charge on any atom is -0.332 e. The van der Waals surface area contributed by atoms with Crippen LogP contribution in [-0.2, 0) is 5.41 Å². The van der Waals surface area contributed by atoms with Crippen LogP contribution in [0.25, 0.3) is 0 Å². The molecule has 2 amide bonds. The second-order valence-corrected chi connectivity index (χ2v) is 8.92. The Morgan fingerprint density at radius 2 is 1.96 bits per heavy atom. The average molecular weight is 345 g/mol. The van der Waals surface area contributed by atoms with Gasteiger partial charge in [0.2, 0.25) is 0 Å². The van der Waals surface area contributed by atoms with Gasteiger partial charge in [-0.3, -0.25) is 0 Å². The maximum Gasteiger partial charge on any atom is 0.319 e. The Morgan fingerprint density at radius 3 is 2.52 bits per heavy atom. The van der Waals surface area contributed by atoms with Crippen LogP contribution in [0.15, 0.2) is 24.3 Å². The zero-order chi connectivity index (χ0) is 18.0. The molecule has 1 aromatic carbocycles. The number of piperidine rings is 3. The smallest absolute Gasteiger partial charge is 0.319 e. The van der Waals surface area contributed by atoms with Crippen LogP contribution in [0.3, 0.4) is 0 Å². The Hall–Kier alpha value is -1.55. The molecule has 0 aliphatic carbocycles. The van der Waals surface area contributed by atoms with Crippen LogP contribution in [-0.4, -0.2) is 31.7 Å². The number of urea groups is 1. The summed E-state index contributed by atoms with van der Waals surface area (Å²) in [5, 5.41) is 6.06. The van der Waals surface area contributed by atoms with Crippen molar-refractivity contribution < 1.29 is 9.69 Å². The molecular weight excluding hydrogens is 310 g/mol. The molecule has 3 fully saturated rings. The average Bonchev–Trinajstić information content (AvgIpc) is 2.60. The predicted octanol–water partition coefficient (Wildman–Crippen LogP) is 2.81. The highest BCUT2D eigenvalue weighted by atomic mass is 16.2. The van der Waals surface area contributed by atoms with E-state index in [0.29, 0.717) is 6.04 Å². The molecule has 0 saturated carbocycles. The van der Waals surface area contributed by atoms with E-state index in [0.717, 1.165) is 24.1 Å². The summed E-state index contributed by atoms with van der Waals surface area (Å²) in [5.41, 5.74) is 2.27. The highest BCUT2D eigenvalue weighted by Gasteiger charge is 2.42. The maximum atomic E-state index is 12.2. The van der Waals surface area contributed by atoms with Gasteiger partial charge in [-0.05, 0) is 35.4 Å². The van der Waals surface area contributed by atoms with Gasteiger partial charge in [0.05, 0.1) is 19.6 Å². The normalized spacial score (nSPS) is 28.6. The summed E-state index contributed by atoms with van der Waals surface area (Å²) in [5.74, 6) is 1.78. The van der Waals surface area contributed by atoms with Crippen molar-refractivity contribution in [2.45, 2.75) is 58.4 Å². The Balaban J connectivity index is 1.47. The third-order valence-electron chi connectivity index (χ3n) is 6.23. The predicted molar refractivity (Wildman–Crippen MR) is 103 cm³/mol. The molecular formula is C21H34N3O+. The number of benzene rings is 1. The van der Waals surface area contributed by atoms with E-state index >= 15 is 0 Å². The molecule has 138 valence electrons. The number of carbonyl (C=O) groups excluding carboxylic acids is 1. The van der Waals surface area contributed by atoms with Crippen LogP contribution in [0, 0.1) is 11.8 Å². The number of carbonyl (C=O) groups is 1. The molecule has 3 N–H and O–H groups in total. The van der Waals surface area contributed by atoms with Crippen LogP contribution in [0.1, 0.15) is 52.5 Å². The van der Waals surface area contributed by atoms with Gasteiger partial charge in [-0.15, -0.1) is 0 Å². The Kier molecular flexibility index (Phi) is 5.38. The summed E-state index contributed by atoms with van der Waals surface area (Å²) in [6, 6.07) is 8.67. The van der Waals surface area contributed by atoms with Crippen molar-refractivity contribution in [2.24, 2.45) is 11.8 Å². The highest BCUT2D eigenvalue weighted by molar-refractivity contribution is 5.89. The Morgan fingerprint density at radius 1 is 1.24 bits per heavy atom. The van der Waals surface area contributed by atoms with Gasteiger partial charge in [0, 0.05) is 24.4 Å². The van der Waals surface area contributed by atoms with Crippen molar-refractivity contribution in [3.05, 3.63) is 29.8 Å². The van der Waals surface area contributed by atoms with Crippen molar-refractivity contribution in [2.75, 3.05) is 25.0 Å². The zero-order valence-electron chi connectivity index (χ0n) is 16.2. The van der Waals surface area contributed by atoms with E-state index in [-0.39, 0.29) is 11.4 Å². The summed E-state index contributed by atoms with van der Waals surface area (Å²) in [4.78, 5) is 13.9. The quantitative estimate of drug-likeness (QED) is 0.773. The summed E-state index contributed by atoms with van der Waals surface area (Å²) >= 11 is 0. The molecule has 4 atom stereocenters. The van der Waals surface area contributed by atoms with Crippen LogP contribution in [0.2, 0.25) is 0 Å². The Labute approximate surface area is 152 Å². The zero-order valence-corrected chi connectivity index (χ0v) is 16.2. The molecule has 0 spiro atoms. The first-order valence-corrected chi connectivity index (χ1v) is 9.86. The molecule has 4 rings (SSSR count). The molecule has 25 heavy (non-hydrogen) atoms. The van der Waals surface area contributed by atoms with Gasteiger partial charge in [-0.2, -0.15) is 0 Å². The van der Waals surface area contributed by atoms with Crippen LogP contribution >= 0.6 is 0 Å². The highest BCUT2D eigenvalue weighted by Crippen LogP contribution is 2.28. The summed E-state index contributed by atoms with van der Waals surface area (Å²) in [7, 11) is 0. The molecule has 4 heteroatoms. The molecule has 1 aromatic rings. The number of quaternary nitrogens is 1. The number of rotatable bonds is 4. The molecule has 1 unspecified atom stereocenters. The first-order valence-electron chi connectivity index (χ1n) is 9.86. The number of hydrogen-bond acceptors (Lipinski definition) is 1. The van der Waals surface area contributed by atoms with Crippen LogP contribution in [0.4, 0.5) is 10.5 Å². The van der Waals surface area contributed by atoms with Gasteiger partial charge in [0.25, 0.3) is 0 Å². The lowest BCUT2D eigenvalue weighted by Gasteiger charge is -2.46. The van der Waals surface area contributed by atoms with Crippen molar-refractivity contribution >= 4 is 11.7 Å². The van der Waals surface area contributed by atoms with Gasteiger partial charge in [0.15, 0.2) is 0 Å². The second kappa shape index (κ2) is 7.36. The lowest BCUT2D eigenvalue weighted by Crippen LogP contribution is -3.20. The van der Waals surface area contributed by atoms with Crippen LogP contribution < -0.4 is 15.5 Å². The van der Waals surface area contributed by atoms with E-state index in [1.807, 2.05) is 12.1 Å². The fourth-order valence-corrected chi connectivity index (χ4v) is 4.58. The van der Waals surface area contributed by atoms with E-state index in [1.54, 1.807) is 4.90 Å². The summed E-state index contributed by atoms with van der Waals surface area (Å²) in [6.45, 7) is 12.3. The third kappa shape index (κ3) is 4.35. The van der Waals surface area contributed by atoms with E-state index < -0.39 is 0 Å². The van der Waals surface area contributed by atoms with Crippen molar-refractivity contribution in [3.63, 3.8) is 0 Å². The lowest BCUT2D eigenvalue weighted by molar-refractivity contribution is -0.945. The van der Waals surface area contributed by atoms with Crippen molar-refractivity contribution in [1.29, 1.82) is 0 Å². The summed E-state index contributed by atoms with van der Waals surface area (Å²) < 4.78 is 0. The first-order chi connectivity index (χ1) is 11.9. The molecule has 3 aliphatic heterocycles. The molecule has 3 heterocycles. The van der Waals surface area contributed by atoms with E-state index in [2.05, 4.69) is 50.5 Å². The molecule has 0 aromatic heterocycles. The minimum absolute atomic E-state index is 0.0856. The second-order valence-electron chi connectivity index (χ2n) is 8.92. The van der Waals surface area contributed by atoms with Gasteiger partial charge in [-0.25, -0.2) is 4.79 Å². The summed E-state index contributed by atoms with van der Waals surface area (Å²) in [6.07, 6.45) is 3.95. The molecule has 0 radical (unpaired) electrons. The van der Waals surface area contributed by atoms with Crippen molar-refractivity contribution in [3.8, 4) is 0 Å². The Bertz CT molecular complexity index is 590. The van der Waals surface area contributed by atoms with Gasteiger partial charge >= 0.3 is 6.03 Å². The van der Waals surface area contributed by atoms with E-state index in [9.17, 15) is 4.79 Å². The first kappa shape index (κ1) is 18.2. The molecule has 4 nitrogen and oxygen atoms in total. The standard InChI is InChI=1S/C21H33N3O/c1-5-15-14-24-11-10-16(15)12-19(24)13-22-20(25)23-18-8-6-17(7-9-18)21(2,3)4/h6-9,15-16,19H,5,10-14H2,1-4H3,(H2,22,23,25)/p+1/t15-,16-,19+/m0/s1. The number of hydrogen-bond donors (Lipinski definition) is 3. The monoisotopic (exact) mass is 344 g/mol. The fourth-order valence-electron chi connectivity index (χ4n) is 4.58. The molecule has 2 bridgehead atoms. The molecule has 3 saturated heterocycles. The number of anilines is 1. The van der Waals surface area contributed by atoms with E-state index in [1.165, 1.54) is 37.9 Å². The molecule has 3 aliphatic rings. The van der Waals surface area contributed by atoms with Gasteiger partial charge in [-0.1, -0.05) is 39.8 Å². The fraction of sp³-hybridized carbons (Fsp3) is 0.667. The SMILES string of the molecule is CC[C@H]1C[NH+]2CC[C@H]1C[C@@H]2CNC(=O)Nc1ccc(C(C)(C)C)cc1. The maximum absolute atomic E-state index is 12.2. The van der Waals surface area contributed by atoms with Crippen molar-refractivity contribution in [1.82, 2.24) is 5.32 Å².